The van der Waals surface area contributed by atoms with E-state index in [0.717, 1.165) is 63.6 Å². The molecule has 0 saturated carbocycles. The molecule has 0 amide bonds. The average molecular weight is 278 g/mol. The van der Waals surface area contributed by atoms with E-state index in [1.165, 1.54) is 0 Å². The molecule has 1 aromatic heterocycles. The van der Waals surface area contributed by atoms with Gasteiger partial charge in [-0.05, 0) is 32.7 Å². The standard InChI is InChI=1S/C15H26N4O/c1-3-7-16-10-13-11-17-15(18-12-13)19-8-5-14(6-9-19)20-4-2/h11-12,14,16H,3-10H2,1-2H3. The van der Waals surface area contributed by atoms with Crippen LogP contribution in [0, 0.1) is 0 Å². The number of piperidine rings is 1. The highest BCUT2D eigenvalue weighted by atomic mass is 16.5. The summed E-state index contributed by atoms with van der Waals surface area (Å²) in [5.74, 6) is 0.846. The van der Waals surface area contributed by atoms with Crippen LogP contribution in [0.5, 0.6) is 0 Å². The zero-order valence-corrected chi connectivity index (χ0v) is 12.6. The smallest absolute Gasteiger partial charge is 0.225 e. The maximum absolute atomic E-state index is 5.67. The van der Waals surface area contributed by atoms with Gasteiger partial charge in [-0.3, -0.25) is 0 Å². The summed E-state index contributed by atoms with van der Waals surface area (Å²) in [6.07, 6.45) is 7.55. The highest BCUT2D eigenvalue weighted by Gasteiger charge is 2.20. The van der Waals surface area contributed by atoms with Crippen LogP contribution in [0.3, 0.4) is 0 Å². The van der Waals surface area contributed by atoms with Gasteiger partial charge in [0.25, 0.3) is 0 Å². The molecule has 5 nitrogen and oxygen atoms in total. The summed E-state index contributed by atoms with van der Waals surface area (Å²) in [7, 11) is 0. The molecule has 1 saturated heterocycles. The predicted octanol–water partition coefficient (Wildman–Crippen LogP) is 1.98. The lowest BCUT2D eigenvalue weighted by Crippen LogP contribution is -2.38. The lowest BCUT2D eigenvalue weighted by atomic mass is 10.1. The molecule has 1 fully saturated rings. The Bertz CT molecular complexity index is 374. The van der Waals surface area contributed by atoms with Gasteiger partial charge < -0.3 is 15.0 Å². The second-order valence-electron chi connectivity index (χ2n) is 5.21. The Kier molecular flexibility index (Phi) is 6.21. The number of nitrogens with zero attached hydrogens (tertiary/aromatic N) is 3. The maximum Gasteiger partial charge on any atom is 0.225 e. The van der Waals surface area contributed by atoms with Crippen molar-refractivity contribution in [3.63, 3.8) is 0 Å². The first-order valence-corrected chi connectivity index (χ1v) is 7.71. The summed E-state index contributed by atoms with van der Waals surface area (Å²) in [6.45, 7) is 8.88. The normalized spacial score (nSPS) is 16.6. The van der Waals surface area contributed by atoms with Crippen LogP contribution in [-0.4, -0.2) is 42.3 Å². The zero-order valence-electron chi connectivity index (χ0n) is 12.6. The molecule has 1 aliphatic rings. The fraction of sp³-hybridized carbons (Fsp3) is 0.733. The number of anilines is 1. The van der Waals surface area contributed by atoms with Crippen LogP contribution in [0.2, 0.25) is 0 Å². The van der Waals surface area contributed by atoms with Gasteiger partial charge in [0, 0.05) is 44.2 Å². The van der Waals surface area contributed by atoms with Crippen LogP contribution in [0.4, 0.5) is 5.95 Å². The Morgan fingerprint density at radius 2 is 1.95 bits per heavy atom. The third-order valence-electron chi connectivity index (χ3n) is 3.57. The van der Waals surface area contributed by atoms with Crippen molar-refractivity contribution in [2.75, 3.05) is 31.1 Å². The summed E-state index contributed by atoms with van der Waals surface area (Å²) in [5, 5.41) is 3.36. The van der Waals surface area contributed by atoms with E-state index in [-0.39, 0.29) is 0 Å². The van der Waals surface area contributed by atoms with E-state index in [2.05, 4.69) is 34.0 Å². The molecule has 0 radical (unpaired) electrons. The molecule has 1 aromatic rings. The molecular weight excluding hydrogens is 252 g/mol. The molecule has 20 heavy (non-hydrogen) atoms. The quantitative estimate of drug-likeness (QED) is 0.773. The van der Waals surface area contributed by atoms with E-state index in [4.69, 9.17) is 4.74 Å². The topological polar surface area (TPSA) is 50.3 Å². The first-order chi connectivity index (χ1) is 9.83. The minimum atomic E-state index is 0.411. The van der Waals surface area contributed by atoms with Crippen LogP contribution >= 0.6 is 0 Å². The van der Waals surface area contributed by atoms with Gasteiger partial charge >= 0.3 is 0 Å². The molecule has 0 aromatic carbocycles. The molecule has 0 atom stereocenters. The molecule has 2 heterocycles. The molecule has 1 aliphatic heterocycles. The third kappa shape index (κ3) is 4.42. The van der Waals surface area contributed by atoms with Crippen LogP contribution in [0.15, 0.2) is 12.4 Å². The van der Waals surface area contributed by atoms with Crippen molar-refractivity contribution in [2.45, 2.75) is 45.8 Å². The van der Waals surface area contributed by atoms with Gasteiger partial charge in [-0.15, -0.1) is 0 Å². The highest BCUT2D eigenvalue weighted by Crippen LogP contribution is 2.17. The van der Waals surface area contributed by atoms with Crippen molar-refractivity contribution >= 4 is 5.95 Å². The van der Waals surface area contributed by atoms with Gasteiger partial charge in [0.1, 0.15) is 0 Å². The summed E-state index contributed by atoms with van der Waals surface area (Å²) >= 11 is 0. The number of nitrogens with one attached hydrogen (secondary N) is 1. The number of rotatable bonds is 7. The Hall–Kier alpha value is -1.20. The molecule has 5 heteroatoms. The first-order valence-electron chi connectivity index (χ1n) is 7.71. The van der Waals surface area contributed by atoms with Gasteiger partial charge in [-0.2, -0.15) is 0 Å². The molecule has 1 N–H and O–H groups in total. The SMILES string of the molecule is CCCNCc1cnc(N2CCC(OCC)CC2)nc1. The number of hydrogen-bond acceptors (Lipinski definition) is 5. The molecule has 0 spiro atoms. The van der Waals surface area contributed by atoms with Crippen LogP contribution in [0.25, 0.3) is 0 Å². The Morgan fingerprint density at radius 1 is 1.25 bits per heavy atom. The average Bonchev–Trinajstić information content (AvgIpc) is 2.49. The molecular formula is C15H26N4O. The molecule has 0 unspecified atom stereocenters. The zero-order chi connectivity index (χ0) is 14.2. The lowest BCUT2D eigenvalue weighted by Gasteiger charge is -2.31. The lowest BCUT2D eigenvalue weighted by molar-refractivity contribution is 0.0457. The van der Waals surface area contributed by atoms with Crippen molar-refractivity contribution in [3.8, 4) is 0 Å². The van der Waals surface area contributed by atoms with E-state index in [9.17, 15) is 0 Å². The monoisotopic (exact) mass is 278 g/mol. The van der Waals surface area contributed by atoms with Crippen LogP contribution < -0.4 is 10.2 Å². The summed E-state index contributed by atoms with van der Waals surface area (Å²) < 4.78 is 5.67. The van der Waals surface area contributed by atoms with Gasteiger partial charge in [0.2, 0.25) is 5.95 Å². The first kappa shape index (κ1) is 15.2. The Morgan fingerprint density at radius 3 is 2.55 bits per heavy atom. The maximum atomic E-state index is 5.67. The van der Waals surface area contributed by atoms with Gasteiger partial charge in [-0.1, -0.05) is 6.92 Å². The van der Waals surface area contributed by atoms with E-state index >= 15 is 0 Å². The number of aromatic nitrogens is 2. The second kappa shape index (κ2) is 8.17. The van der Waals surface area contributed by atoms with E-state index in [1.807, 2.05) is 12.4 Å². The molecule has 2 rings (SSSR count). The molecule has 0 bridgehead atoms. The fourth-order valence-corrected chi connectivity index (χ4v) is 2.47. The van der Waals surface area contributed by atoms with Gasteiger partial charge in [0.05, 0.1) is 6.10 Å². The van der Waals surface area contributed by atoms with Crippen molar-refractivity contribution in [1.29, 1.82) is 0 Å². The molecule has 112 valence electrons. The molecule has 0 aliphatic carbocycles. The highest BCUT2D eigenvalue weighted by molar-refractivity contribution is 5.30. The van der Waals surface area contributed by atoms with Crippen molar-refractivity contribution in [3.05, 3.63) is 18.0 Å². The second-order valence-corrected chi connectivity index (χ2v) is 5.21. The number of ether oxygens (including phenoxy) is 1. The van der Waals surface area contributed by atoms with E-state index in [1.54, 1.807) is 0 Å². The van der Waals surface area contributed by atoms with Gasteiger partial charge in [0.15, 0.2) is 0 Å². The Balaban J connectivity index is 1.81. The van der Waals surface area contributed by atoms with E-state index in [0.29, 0.717) is 6.10 Å². The Labute approximate surface area is 121 Å². The van der Waals surface area contributed by atoms with Crippen molar-refractivity contribution in [1.82, 2.24) is 15.3 Å². The van der Waals surface area contributed by atoms with Crippen LogP contribution in [0.1, 0.15) is 38.7 Å². The fourth-order valence-electron chi connectivity index (χ4n) is 2.47. The number of hydrogen-bond donors (Lipinski definition) is 1. The van der Waals surface area contributed by atoms with Crippen molar-refractivity contribution in [2.24, 2.45) is 0 Å². The minimum absolute atomic E-state index is 0.411. The summed E-state index contributed by atoms with van der Waals surface area (Å²) in [6, 6.07) is 0. The van der Waals surface area contributed by atoms with Crippen LogP contribution in [-0.2, 0) is 11.3 Å². The van der Waals surface area contributed by atoms with Crippen molar-refractivity contribution < 1.29 is 4.74 Å². The minimum Gasteiger partial charge on any atom is -0.378 e. The largest absolute Gasteiger partial charge is 0.378 e. The predicted molar refractivity (Wildman–Crippen MR) is 80.9 cm³/mol. The summed E-state index contributed by atoms with van der Waals surface area (Å²) in [4.78, 5) is 11.2. The van der Waals surface area contributed by atoms with Gasteiger partial charge in [-0.25, -0.2) is 9.97 Å². The van der Waals surface area contributed by atoms with E-state index < -0.39 is 0 Å². The summed E-state index contributed by atoms with van der Waals surface area (Å²) in [5.41, 5.74) is 1.14. The third-order valence-corrected chi connectivity index (χ3v) is 3.57.